The van der Waals surface area contributed by atoms with Crippen molar-refractivity contribution in [3.63, 3.8) is 0 Å². The van der Waals surface area contributed by atoms with E-state index in [-0.39, 0.29) is 68.9 Å². The third kappa shape index (κ3) is 11.6. The van der Waals surface area contributed by atoms with Gasteiger partial charge in [0.25, 0.3) is 5.91 Å². The summed E-state index contributed by atoms with van der Waals surface area (Å²) in [5.74, 6) is -3.08. The fourth-order valence-corrected chi connectivity index (χ4v) is 5.77. The zero-order valence-corrected chi connectivity index (χ0v) is 30.7. The topological polar surface area (TPSA) is 152 Å². The molecule has 5 aromatic rings. The van der Waals surface area contributed by atoms with Crippen LogP contribution in [-0.2, 0) is 11.3 Å². The molecule has 0 fully saturated rings. The molecular weight excluding hydrogens is 680 g/mol. The second kappa shape index (κ2) is 19.9. The number of carboxylic acids is 2. The SMILES string of the molecule is CC(C)c1c(C(=O)Nc2ccccc2)c(-c2ccccc2)c(-c2ccc(F)cc2)n1CC[C@@H](O)C[C@@H](O)CC(=O)[O-].O=C(O)c1ccccc1.[Ca+2]. The summed E-state index contributed by atoms with van der Waals surface area (Å²) in [5, 5.41) is 43.0. The van der Waals surface area contributed by atoms with Gasteiger partial charge in [-0.15, -0.1) is 0 Å². The molecule has 0 saturated heterocycles. The molecule has 0 aliphatic carbocycles. The van der Waals surface area contributed by atoms with E-state index in [1.165, 1.54) is 12.1 Å². The minimum atomic E-state index is -1.39. The molecular formula is C40H40CaFN2O7+. The van der Waals surface area contributed by atoms with E-state index >= 15 is 0 Å². The van der Waals surface area contributed by atoms with Gasteiger partial charge in [0.2, 0.25) is 0 Å². The van der Waals surface area contributed by atoms with Crippen molar-refractivity contribution in [1.29, 1.82) is 0 Å². The van der Waals surface area contributed by atoms with Gasteiger partial charge in [-0.2, -0.15) is 0 Å². The number of anilines is 1. The molecule has 9 nitrogen and oxygen atoms in total. The second-order valence-corrected chi connectivity index (χ2v) is 12.1. The van der Waals surface area contributed by atoms with E-state index in [0.717, 1.165) is 11.3 Å². The average Bonchev–Trinajstić information content (AvgIpc) is 3.44. The van der Waals surface area contributed by atoms with Crippen LogP contribution in [0.5, 0.6) is 0 Å². The third-order valence-corrected chi connectivity index (χ3v) is 7.94. The zero-order chi connectivity index (χ0) is 36.2. The van der Waals surface area contributed by atoms with Gasteiger partial charge in [0.15, 0.2) is 0 Å². The maximum atomic E-state index is 14.0. The molecule has 2 atom stereocenters. The Balaban J connectivity index is 0.000000611. The number of rotatable bonds is 13. The van der Waals surface area contributed by atoms with Crippen LogP contribution in [-0.4, -0.2) is 87.7 Å². The Morgan fingerprint density at radius 2 is 1.33 bits per heavy atom. The molecule has 1 amide bonds. The number of hydrogen-bond donors (Lipinski definition) is 4. The number of aromatic nitrogens is 1. The van der Waals surface area contributed by atoms with Crippen LogP contribution < -0.4 is 10.4 Å². The van der Waals surface area contributed by atoms with Gasteiger partial charge in [0.05, 0.1) is 29.0 Å². The molecule has 0 unspecified atom stereocenters. The number of carbonyl (C=O) groups is 3. The molecule has 0 aliphatic heterocycles. The number of para-hydroxylation sites is 1. The monoisotopic (exact) mass is 719 g/mol. The second-order valence-electron chi connectivity index (χ2n) is 12.1. The fraction of sp³-hybridized carbons (Fsp3) is 0.225. The number of halogens is 1. The van der Waals surface area contributed by atoms with Crippen molar-refractivity contribution in [2.45, 2.75) is 57.8 Å². The van der Waals surface area contributed by atoms with Gasteiger partial charge < -0.3 is 35.1 Å². The summed E-state index contributed by atoms with van der Waals surface area (Å²) in [6.45, 7) is 4.22. The molecule has 0 bridgehead atoms. The molecule has 5 rings (SSSR count). The number of benzene rings is 4. The molecule has 0 spiro atoms. The molecule has 0 saturated carbocycles. The van der Waals surface area contributed by atoms with Crippen molar-refractivity contribution in [1.82, 2.24) is 4.57 Å². The molecule has 260 valence electrons. The largest absolute Gasteiger partial charge is 2.00 e. The Labute approximate surface area is 326 Å². The number of nitrogens with zero attached hydrogens (tertiary/aromatic N) is 1. The smallest absolute Gasteiger partial charge is 0.550 e. The Morgan fingerprint density at radius 3 is 1.84 bits per heavy atom. The quantitative estimate of drug-likeness (QED) is 0.109. The predicted octanol–water partition coefficient (Wildman–Crippen LogP) is 5.98. The van der Waals surface area contributed by atoms with Gasteiger partial charge in [-0.1, -0.05) is 80.6 Å². The van der Waals surface area contributed by atoms with Gasteiger partial charge >= 0.3 is 43.7 Å². The van der Waals surface area contributed by atoms with E-state index in [4.69, 9.17) is 5.11 Å². The van der Waals surface area contributed by atoms with Gasteiger partial charge in [-0.25, -0.2) is 9.18 Å². The first-order valence-electron chi connectivity index (χ1n) is 16.2. The number of carbonyl (C=O) groups excluding carboxylic acids is 2. The van der Waals surface area contributed by atoms with Crippen molar-refractivity contribution < 1.29 is 39.2 Å². The van der Waals surface area contributed by atoms with Crippen LogP contribution in [0.15, 0.2) is 115 Å². The number of carboxylic acid groups (broad SMARTS) is 2. The van der Waals surface area contributed by atoms with Crippen LogP contribution in [0, 0.1) is 5.82 Å². The number of hydrogen-bond acceptors (Lipinski definition) is 6. The standard InChI is InChI=1S/C33H35FN2O5.C7H6O2.Ca/c1-21(2)31-30(33(41)35-25-11-7-4-8-12-25)29(22-9-5-3-6-10-22)32(23-13-15-24(34)16-14-23)36(31)18-17-26(37)19-27(38)20-28(39)40;8-7(9)6-4-2-1-3-5-6;/h3-16,21,26-27,37-38H,17-20H2,1-2H3,(H,35,41)(H,39,40);1-5H,(H,8,9);/q;;+2/p-1/t26-,27-;;/m1../s1. The molecule has 51 heavy (non-hydrogen) atoms. The van der Waals surface area contributed by atoms with Crippen LogP contribution >= 0.6 is 0 Å². The van der Waals surface area contributed by atoms with Crippen LogP contribution in [0.2, 0.25) is 0 Å². The van der Waals surface area contributed by atoms with E-state index in [2.05, 4.69) is 5.32 Å². The zero-order valence-electron chi connectivity index (χ0n) is 28.5. The number of aromatic carboxylic acids is 1. The van der Waals surface area contributed by atoms with Crippen LogP contribution in [0.4, 0.5) is 10.1 Å². The maximum Gasteiger partial charge on any atom is 2.00 e. The van der Waals surface area contributed by atoms with Gasteiger partial charge in [-0.05, 0) is 78.4 Å². The summed E-state index contributed by atoms with van der Waals surface area (Å²) in [6, 6.07) is 33.0. The Kier molecular flexibility index (Phi) is 16.0. The molecule has 1 aromatic heterocycles. The molecule has 1 heterocycles. The molecule has 0 radical (unpaired) electrons. The number of aliphatic hydroxyl groups excluding tert-OH is 2. The first kappa shape index (κ1) is 41.1. The minimum absolute atomic E-state index is 0. The minimum Gasteiger partial charge on any atom is -0.550 e. The Bertz CT molecular complexity index is 1870. The van der Waals surface area contributed by atoms with E-state index in [9.17, 15) is 34.1 Å². The van der Waals surface area contributed by atoms with E-state index < -0.39 is 36.4 Å². The van der Waals surface area contributed by atoms with Crippen LogP contribution in [0.1, 0.15) is 65.4 Å². The molecule has 4 aromatic carbocycles. The number of aliphatic carboxylic acids is 1. The molecule has 4 N–H and O–H groups in total. The van der Waals surface area contributed by atoms with Crippen LogP contribution in [0.3, 0.4) is 0 Å². The summed E-state index contributed by atoms with van der Waals surface area (Å²) in [6.07, 6.45) is -2.77. The summed E-state index contributed by atoms with van der Waals surface area (Å²) in [7, 11) is 0. The van der Waals surface area contributed by atoms with E-state index in [0.29, 0.717) is 33.6 Å². The Hall–Kier alpha value is -4.32. The van der Waals surface area contributed by atoms with Gasteiger partial charge in [0, 0.05) is 35.9 Å². The van der Waals surface area contributed by atoms with Gasteiger partial charge in [0.1, 0.15) is 5.82 Å². The summed E-state index contributed by atoms with van der Waals surface area (Å²) < 4.78 is 16.0. The summed E-state index contributed by atoms with van der Waals surface area (Å²) >= 11 is 0. The van der Waals surface area contributed by atoms with Crippen molar-refractivity contribution in [3.8, 4) is 22.4 Å². The van der Waals surface area contributed by atoms with Crippen molar-refractivity contribution in [2.24, 2.45) is 0 Å². The first-order valence-corrected chi connectivity index (χ1v) is 16.2. The summed E-state index contributed by atoms with van der Waals surface area (Å²) in [5.41, 5.74) is 5.05. The normalized spacial score (nSPS) is 11.8. The maximum absolute atomic E-state index is 14.0. The number of nitrogens with one attached hydrogen (secondary N) is 1. The average molecular weight is 720 g/mol. The van der Waals surface area contributed by atoms with Crippen molar-refractivity contribution >= 4 is 61.3 Å². The first-order chi connectivity index (χ1) is 24.0. The van der Waals surface area contributed by atoms with Crippen molar-refractivity contribution in [2.75, 3.05) is 5.32 Å². The van der Waals surface area contributed by atoms with Gasteiger partial charge in [-0.3, -0.25) is 4.79 Å². The summed E-state index contributed by atoms with van der Waals surface area (Å²) in [4.78, 5) is 35.1. The number of aliphatic hydroxyl groups is 2. The fourth-order valence-electron chi connectivity index (χ4n) is 5.77. The number of amides is 1. The Morgan fingerprint density at radius 1 is 0.784 bits per heavy atom. The van der Waals surface area contributed by atoms with Crippen LogP contribution in [0.25, 0.3) is 22.4 Å². The van der Waals surface area contributed by atoms with E-state index in [1.54, 1.807) is 54.6 Å². The predicted molar refractivity (Wildman–Crippen MR) is 194 cm³/mol. The third-order valence-electron chi connectivity index (χ3n) is 7.94. The molecule has 0 aliphatic rings. The van der Waals surface area contributed by atoms with E-state index in [1.807, 2.05) is 66.9 Å². The van der Waals surface area contributed by atoms with Crippen molar-refractivity contribution in [3.05, 3.63) is 138 Å². The molecule has 11 heteroatoms.